The minimum Gasteiger partial charge on any atom is -0.454 e. The molecule has 26 heavy (non-hydrogen) atoms. The molecule has 2 aromatic carbocycles. The summed E-state index contributed by atoms with van der Waals surface area (Å²) in [5.41, 5.74) is 0.485. The van der Waals surface area contributed by atoms with Crippen LogP contribution in [0.1, 0.15) is 6.42 Å². The minimum absolute atomic E-state index is 0.255. The highest BCUT2D eigenvalue weighted by Crippen LogP contribution is 2.33. The first-order chi connectivity index (χ1) is 12.3. The first kappa shape index (κ1) is 20.0. The van der Waals surface area contributed by atoms with Crippen molar-refractivity contribution in [2.75, 3.05) is 24.7 Å². The summed E-state index contributed by atoms with van der Waals surface area (Å²) >= 11 is 6.09. The number of rotatable bonds is 8. The van der Waals surface area contributed by atoms with Crippen molar-refractivity contribution in [1.82, 2.24) is 10.0 Å². The topological polar surface area (TPSA) is 96.5 Å². The van der Waals surface area contributed by atoms with E-state index >= 15 is 0 Å². The Morgan fingerprint density at radius 2 is 1.69 bits per heavy atom. The molecule has 0 bridgehead atoms. The molecule has 140 valence electrons. The van der Waals surface area contributed by atoms with Crippen LogP contribution in [0.4, 0.5) is 10.5 Å². The highest BCUT2D eigenvalue weighted by molar-refractivity contribution is 7.88. The third-order valence-electron chi connectivity index (χ3n) is 3.20. The van der Waals surface area contributed by atoms with Gasteiger partial charge < -0.3 is 15.4 Å². The number of nitrogens with one attached hydrogen (secondary N) is 3. The number of benzene rings is 2. The van der Waals surface area contributed by atoms with Crippen LogP contribution >= 0.6 is 11.6 Å². The van der Waals surface area contributed by atoms with E-state index < -0.39 is 16.1 Å². The van der Waals surface area contributed by atoms with Gasteiger partial charge in [-0.1, -0.05) is 35.9 Å². The summed E-state index contributed by atoms with van der Waals surface area (Å²) in [5.74, 6) is 0.935. The van der Waals surface area contributed by atoms with Gasteiger partial charge in [0.2, 0.25) is 10.0 Å². The summed E-state index contributed by atoms with van der Waals surface area (Å²) in [6.07, 6.45) is 1.56. The van der Waals surface area contributed by atoms with Gasteiger partial charge in [-0.15, -0.1) is 0 Å². The second-order valence-corrected chi connectivity index (χ2v) is 7.67. The molecule has 0 saturated heterocycles. The molecule has 0 aromatic heterocycles. The second-order valence-electron chi connectivity index (χ2n) is 5.43. The van der Waals surface area contributed by atoms with E-state index in [1.165, 1.54) is 0 Å². The van der Waals surface area contributed by atoms with Gasteiger partial charge in [0.15, 0.2) is 5.75 Å². The van der Waals surface area contributed by atoms with Crippen LogP contribution in [0.3, 0.4) is 0 Å². The molecule has 0 aliphatic heterocycles. The lowest BCUT2D eigenvalue weighted by molar-refractivity contribution is 0.252. The molecule has 3 N–H and O–H groups in total. The molecular formula is C17H20ClN3O4S. The monoisotopic (exact) mass is 397 g/mol. The standard InChI is InChI=1S/C17H20ClN3O4S/c1-26(23,24)20-12-6-11-19-17(22)21-14-8-3-5-10-16(14)25-15-9-4-2-7-13(15)18/h2-5,7-10,20H,6,11-12H2,1H3,(H2,19,21,22). The fraction of sp³-hybridized carbons (Fsp3) is 0.235. The highest BCUT2D eigenvalue weighted by atomic mass is 35.5. The van der Waals surface area contributed by atoms with E-state index in [0.717, 1.165) is 6.26 Å². The van der Waals surface area contributed by atoms with Crippen molar-refractivity contribution in [2.45, 2.75) is 6.42 Å². The van der Waals surface area contributed by atoms with E-state index in [9.17, 15) is 13.2 Å². The van der Waals surface area contributed by atoms with Crippen LogP contribution in [-0.2, 0) is 10.0 Å². The number of sulfonamides is 1. The summed E-state index contributed by atoms with van der Waals surface area (Å²) in [6, 6.07) is 13.6. The van der Waals surface area contributed by atoms with Crippen LogP contribution in [0, 0.1) is 0 Å². The summed E-state index contributed by atoms with van der Waals surface area (Å²) in [6.45, 7) is 0.577. The van der Waals surface area contributed by atoms with E-state index in [2.05, 4.69) is 15.4 Å². The largest absolute Gasteiger partial charge is 0.454 e. The summed E-state index contributed by atoms with van der Waals surface area (Å²) in [4.78, 5) is 12.0. The second kappa shape index (κ2) is 9.42. The van der Waals surface area contributed by atoms with Crippen molar-refractivity contribution < 1.29 is 17.9 Å². The summed E-state index contributed by atoms with van der Waals surface area (Å²) in [5, 5.41) is 5.82. The maximum absolute atomic E-state index is 12.0. The zero-order chi connectivity index (χ0) is 19.0. The Kier molecular flexibility index (Phi) is 7.26. The van der Waals surface area contributed by atoms with Crippen molar-refractivity contribution in [3.05, 3.63) is 53.6 Å². The smallest absolute Gasteiger partial charge is 0.319 e. The predicted molar refractivity (Wildman–Crippen MR) is 102 cm³/mol. The quantitative estimate of drug-likeness (QED) is 0.596. The number of urea groups is 1. The van der Waals surface area contributed by atoms with Gasteiger partial charge in [0, 0.05) is 13.1 Å². The average Bonchev–Trinajstić information content (AvgIpc) is 2.57. The molecule has 0 spiro atoms. The molecule has 0 atom stereocenters. The van der Waals surface area contributed by atoms with Crippen LogP contribution in [0.15, 0.2) is 48.5 Å². The molecule has 2 amide bonds. The first-order valence-electron chi connectivity index (χ1n) is 7.86. The highest BCUT2D eigenvalue weighted by Gasteiger charge is 2.09. The zero-order valence-corrected chi connectivity index (χ0v) is 15.7. The van der Waals surface area contributed by atoms with Gasteiger partial charge in [-0.2, -0.15) is 0 Å². The molecule has 2 aromatic rings. The summed E-state index contributed by atoms with van der Waals surface area (Å²) in [7, 11) is -3.22. The van der Waals surface area contributed by atoms with Gasteiger partial charge in [-0.25, -0.2) is 17.9 Å². The van der Waals surface area contributed by atoms with E-state index in [1.807, 2.05) is 0 Å². The Hall–Kier alpha value is -2.29. The summed E-state index contributed by atoms with van der Waals surface area (Å²) < 4.78 is 30.0. The Labute approximate surface area is 157 Å². The van der Waals surface area contributed by atoms with Crippen molar-refractivity contribution in [3.63, 3.8) is 0 Å². The third-order valence-corrected chi connectivity index (χ3v) is 4.24. The number of para-hydroxylation sites is 3. The molecule has 2 rings (SSSR count). The predicted octanol–water partition coefficient (Wildman–Crippen LogP) is 3.19. The molecule has 0 unspecified atom stereocenters. The molecule has 0 aliphatic rings. The first-order valence-corrected chi connectivity index (χ1v) is 10.1. The van der Waals surface area contributed by atoms with Gasteiger partial charge in [-0.05, 0) is 30.7 Å². The normalized spacial score (nSPS) is 11.0. The van der Waals surface area contributed by atoms with E-state index in [-0.39, 0.29) is 6.54 Å². The van der Waals surface area contributed by atoms with Gasteiger partial charge in [0.1, 0.15) is 5.75 Å². The lowest BCUT2D eigenvalue weighted by Gasteiger charge is -2.13. The number of hydrogen-bond donors (Lipinski definition) is 3. The van der Waals surface area contributed by atoms with Crippen molar-refractivity contribution in [3.8, 4) is 11.5 Å². The van der Waals surface area contributed by atoms with Crippen molar-refractivity contribution >= 4 is 33.3 Å². The number of amides is 2. The maximum atomic E-state index is 12.0. The SMILES string of the molecule is CS(=O)(=O)NCCCNC(=O)Nc1ccccc1Oc1ccccc1Cl. The molecule has 7 nitrogen and oxygen atoms in total. The van der Waals surface area contributed by atoms with Crippen molar-refractivity contribution in [2.24, 2.45) is 0 Å². The van der Waals surface area contributed by atoms with Gasteiger partial charge in [0.25, 0.3) is 0 Å². The maximum Gasteiger partial charge on any atom is 0.319 e. The zero-order valence-electron chi connectivity index (χ0n) is 14.2. The fourth-order valence-electron chi connectivity index (χ4n) is 2.02. The molecular weight excluding hydrogens is 378 g/mol. The number of hydrogen-bond acceptors (Lipinski definition) is 4. The molecule has 0 saturated carbocycles. The average molecular weight is 398 g/mol. The number of anilines is 1. The van der Waals surface area contributed by atoms with Gasteiger partial charge >= 0.3 is 6.03 Å². The van der Waals surface area contributed by atoms with Crippen LogP contribution in [0.25, 0.3) is 0 Å². The molecule has 0 aliphatic carbocycles. The Bertz CT molecular complexity index is 859. The Morgan fingerprint density at radius 1 is 1.04 bits per heavy atom. The number of ether oxygens (including phenoxy) is 1. The van der Waals surface area contributed by atoms with E-state index in [4.69, 9.17) is 16.3 Å². The van der Waals surface area contributed by atoms with Crippen LogP contribution in [-0.4, -0.2) is 33.8 Å². The molecule has 9 heteroatoms. The fourth-order valence-corrected chi connectivity index (χ4v) is 2.71. The minimum atomic E-state index is -3.22. The molecule has 0 heterocycles. The number of carbonyl (C=O) groups excluding carboxylic acids is 1. The van der Waals surface area contributed by atoms with E-state index in [1.54, 1.807) is 48.5 Å². The van der Waals surface area contributed by atoms with Crippen molar-refractivity contribution in [1.29, 1.82) is 0 Å². The number of carbonyl (C=O) groups is 1. The lowest BCUT2D eigenvalue weighted by atomic mass is 10.3. The van der Waals surface area contributed by atoms with Crippen LogP contribution in [0.5, 0.6) is 11.5 Å². The molecule has 0 radical (unpaired) electrons. The van der Waals surface area contributed by atoms with Gasteiger partial charge in [0.05, 0.1) is 17.0 Å². The van der Waals surface area contributed by atoms with Crippen LogP contribution in [0.2, 0.25) is 5.02 Å². The lowest BCUT2D eigenvalue weighted by Crippen LogP contribution is -2.32. The van der Waals surface area contributed by atoms with Gasteiger partial charge in [-0.3, -0.25) is 0 Å². The Morgan fingerprint density at radius 3 is 2.38 bits per heavy atom. The van der Waals surface area contributed by atoms with E-state index in [0.29, 0.717) is 35.2 Å². The third kappa shape index (κ3) is 6.91. The van der Waals surface area contributed by atoms with Crippen LogP contribution < -0.4 is 20.1 Å². The number of halogens is 1. The Balaban J connectivity index is 1.89. The molecule has 0 fully saturated rings.